The minimum absolute atomic E-state index is 0.0477. The first-order chi connectivity index (χ1) is 25.3. The molecule has 0 spiro atoms. The number of pyridine rings is 2. The van der Waals surface area contributed by atoms with Crippen molar-refractivity contribution in [1.82, 2.24) is 14.9 Å². The number of hydrogen-bond donors (Lipinski definition) is 3. The molecule has 2 atom stereocenters. The van der Waals surface area contributed by atoms with Gasteiger partial charge in [0.2, 0.25) is 0 Å². The molecule has 1 fully saturated rings. The lowest BCUT2D eigenvalue weighted by molar-refractivity contribution is 0.0686. The van der Waals surface area contributed by atoms with Crippen LogP contribution in [0, 0.1) is 0 Å². The van der Waals surface area contributed by atoms with E-state index >= 15 is 0 Å². The van der Waals surface area contributed by atoms with Crippen LogP contribution in [0.15, 0.2) is 85.1 Å². The van der Waals surface area contributed by atoms with Gasteiger partial charge in [0.25, 0.3) is 5.91 Å². The molecule has 3 heterocycles. The second kappa shape index (κ2) is 15.3. The van der Waals surface area contributed by atoms with E-state index in [4.69, 9.17) is 9.47 Å². The Bertz CT molecular complexity index is 2190. The SMILES string of the molecule is O=Cc1ccccc1C(=O)N1CC(c2ccc(OCc3cccnc3-c3ccc(O)c(C=O)n3)c(C=O)c2O)C[C@H]1COc1cccc(O)c1C=O. The van der Waals surface area contributed by atoms with Crippen molar-refractivity contribution in [3.63, 3.8) is 0 Å². The average molecular weight is 702 g/mol. The maximum atomic E-state index is 13.9. The summed E-state index contributed by atoms with van der Waals surface area (Å²) in [5.41, 5.74) is 1.67. The first kappa shape index (κ1) is 35.0. The highest BCUT2D eigenvalue weighted by molar-refractivity contribution is 6.01. The molecule has 0 bridgehead atoms. The Kier molecular flexibility index (Phi) is 10.3. The van der Waals surface area contributed by atoms with Gasteiger partial charge in [-0.3, -0.25) is 29.0 Å². The summed E-state index contributed by atoms with van der Waals surface area (Å²) < 4.78 is 11.9. The highest BCUT2D eigenvalue weighted by Crippen LogP contribution is 2.41. The molecule has 2 aromatic heterocycles. The molecular formula is C39H31N3O10. The van der Waals surface area contributed by atoms with E-state index in [1.807, 2.05) is 0 Å². The van der Waals surface area contributed by atoms with Crippen LogP contribution in [0.4, 0.5) is 0 Å². The quantitative estimate of drug-likeness (QED) is 0.137. The van der Waals surface area contributed by atoms with E-state index in [2.05, 4.69) is 9.97 Å². The van der Waals surface area contributed by atoms with Gasteiger partial charge in [-0.2, -0.15) is 0 Å². The molecule has 1 unspecified atom stereocenters. The number of hydrogen-bond acceptors (Lipinski definition) is 12. The van der Waals surface area contributed by atoms with Crippen molar-refractivity contribution in [3.8, 4) is 40.1 Å². The van der Waals surface area contributed by atoms with Gasteiger partial charge in [-0.1, -0.05) is 36.4 Å². The standard InChI is InChI=1S/C39H31N3O10/c43-17-23-5-1-2-7-28(23)39(50)42-16-25(15-26(42)22-52-35-9-3-8-33(47)29(35)18-44)27-10-13-36(30(19-45)38(27)49)51-21-24-6-4-14-40-37(24)31-11-12-34(48)32(20-46)41-31/h1-14,17-20,25-26,47-49H,15-16,21-22H2/t25?,26-/m0/s1. The topological polar surface area (TPSA) is 194 Å². The lowest BCUT2D eigenvalue weighted by Crippen LogP contribution is -2.39. The van der Waals surface area contributed by atoms with Gasteiger partial charge in [0.05, 0.1) is 34.1 Å². The molecule has 1 amide bonds. The van der Waals surface area contributed by atoms with Crippen LogP contribution < -0.4 is 9.47 Å². The van der Waals surface area contributed by atoms with Crippen LogP contribution in [0.25, 0.3) is 11.4 Å². The number of rotatable bonds is 13. The molecule has 13 nitrogen and oxygen atoms in total. The smallest absolute Gasteiger partial charge is 0.254 e. The molecule has 3 aromatic carbocycles. The van der Waals surface area contributed by atoms with Crippen LogP contribution >= 0.6 is 0 Å². The number of phenolic OH excluding ortho intramolecular Hbond substituents is 2. The lowest BCUT2D eigenvalue weighted by Gasteiger charge is -2.25. The number of phenols is 2. The maximum absolute atomic E-state index is 13.9. The van der Waals surface area contributed by atoms with Crippen LogP contribution in [0.2, 0.25) is 0 Å². The van der Waals surface area contributed by atoms with Gasteiger partial charge in [-0.05, 0) is 54.4 Å². The molecule has 3 N–H and O–H groups in total. The third-order valence-electron chi connectivity index (χ3n) is 8.88. The first-order valence-electron chi connectivity index (χ1n) is 16.1. The van der Waals surface area contributed by atoms with Crippen LogP contribution in [0.3, 0.4) is 0 Å². The summed E-state index contributed by atoms with van der Waals surface area (Å²) in [7, 11) is 0. The number of nitrogens with zero attached hydrogens (tertiary/aromatic N) is 3. The summed E-state index contributed by atoms with van der Waals surface area (Å²) in [6.45, 7) is -0.0923. The lowest BCUT2D eigenvalue weighted by atomic mass is 9.93. The second-order valence-electron chi connectivity index (χ2n) is 11.9. The van der Waals surface area contributed by atoms with Gasteiger partial charge < -0.3 is 29.7 Å². The summed E-state index contributed by atoms with van der Waals surface area (Å²) >= 11 is 0. The minimum atomic E-state index is -0.605. The van der Waals surface area contributed by atoms with Gasteiger partial charge in [0.1, 0.15) is 47.7 Å². The van der Waals surface area contributed by atoms with E-state index in [-0.39, 0.29) is 82.9 Å². The zero-order valence-electron chi connectivity index (χ0n) is 27.4. The largest absolute Gasteiger partial charge is 0.507 e. The van der Waals surface area contributed by atoms with Crippen LogP contribution in [-0.4, -0.2) is 80.4 Å². The summed E-state index contributed by atoms with van der Waals surface area (Å²) in [6, 6.07) is 19.5. The number of amides is 1. The predicted molar refractivity (Wildman–Crippen MR) is 185 cm³/mol. The van der Waals surface area contributed by atoms with Crippen molar-refractivity contribution in [3.05, 3.63) is 124 Å². The van der Waals surface area contributed by atoms with Crippen LogP contribution in [0.1, 0.15) is 75.4 Å². The third kappa shape index (κ3) is 6.92. The number of ether oxygens (including phenoxy) is 2. The van der Waals surface area contributed by atoms with E-state index < -0.39 is 17.9 Å². The Morgan fingerprint density at radius 1 is 0.788 bits per heavy atom. The van der Waals surface area contributed by atoms with Crippen molar-refractivity contribution >= 4 is 31.1 Å². The number of aldehydes is 4. The fourth-order valence-electron chi connectivity index (χ4n) is 6.26. The maximum Gasteiger partial charge on any atom is 0.254 e. The number of likely N-dealkylation sites (tertiary alicyclic amines) is 1. The molecule has 52 heavy (non-hydrogen) atoms. The fourth-order valence-corrected chi connectivity index (χ4v) is 6.26. The molecule has 1 saturated heterocycles. The van der Waals surface area contributed by atoms with Crippen molar-refractivity contribution in [2.45, 2.75) is 25.0 Å². The van der Waals surface area contributed by atoms with Crippen LogP contribution in [-0.2, 0) is 6.61 Å². The molecule has 1 aliphatic heterocycles. The molecule has 0 aliphatic carbocycles. The van der Waals surface area contributed by atoms with E-state index in [0.29, 0.717) is 47.7 Å². The summed E-state index contributed by atoms with van der Waals surface area (Å²) in [6.07, 6.45) is 3.76. The molecule has 5 aromatic rings. The minimum Gasteiger partial charge on any atom is -0.507 e. The van der Waals surface area contributed by atoms with Gasteiger partial charge in [-0.15, -0.1) is 0 Å². The fraction of sp³-hybridized carbons (Fsp3) is 0.154. The zero-order chi connectivity index (χ0) is 36.8. The number of aromatic hydroxyl groups is 3. The highest BCUT2D eigenvalue weighted by Gasteiger charge is 2.39. The number of carbonyl (C=O) groups excluding carboxylic acids is 5. The Morgan fingerprint density at radius 3 is 2.35 bits per heavy atom. The molecule has 0 saturated carbocycles. The highest BCUT2D eigenvalue weighted by atomic mass is 16.5. The van der Waals surface area contributed by atoms with Crippen LogP contribution in [0.5, 0.6) is 28.7 Å². The second-order valence-corrected chi connectivity index (χ2v) is 11.9. The van der Waals surface area contributed by atoms with E-state index in [1.165, 1.54) is 53.6 Å². The van der Waals surface area contributed by atoms with E-state index in [9.17, 15) is 39.3 Å². The molecule has 0 radical (unpaired) electrons. The summed E-state index contributed by atoms with van der Waals surface area (Å²) in [4.78, 5) is 71.1. The summed E-state index contributed by atoms with van der Waals surface area (Å²) in [5.74, 6) is -1.61. The van der Waals surface area contributed by atoms with E-state index in [1.54, 1.807) is 36.4 Å². The first-order valence-corrected chi connectivity index (χ1v) is 16.1. The Hall–Kier alpha value is -6.89. The van der Waals surface area contributed by atoms with Crippen molar-refractivity contribution in [2.75, 3.05) is 13.2 Å². The summed E-state index contributed by atoms with van der Waals surface area (Å²) in [5, 5.41) is 31.4. The van der Waals surface area contributed by atoms with Gasteiger partial charge in [0, 0.05) is 29.8 Å². The molecule has 1 aliphatic rings. The van der Waals surface area contributed by atoms with Gasteiger partial charge in [0.15, 0.2) is 25.1 Å². The van der Waals surface area contributed by atoms with Crippen molar-refractivity contribution in [1.29, 1.82) is 0 Å². The predicted octanol–water partition coefficient (Wildman–Crippen LogP) is 5.17. The number of aromatic nitrogens is 2. The van der Waals surface area contributed by atoms with E-state index in [0.717, 1.165) is 0 Å². The Balaban J connectivity index is 1.27. The monoisotopic (exact) mass is 701 g/mol. The number of carbonyl (C=O) groups is 5. The average Bonchev–Trinajstić information content (AvgIpc) is 3.60. The molecule has 13 heteroatoms. The van der Waals surface area contributed by atoms with Gasteiger partial charge >= 0.3 is 0 Å². The normalized spacial score (nSPS) is 15.1. The number of benzene rings is 3. The zero-order valence-corrected chi connectivity index (χ0v) is 27.4. The van der Waals surface area contributed by atoms with Gasteiger partial charge in [-0.25, -0.2) is 4.98 Å². The molecular weight excluding hydrogens is 670 g/mol. The van der Waals surface area contributed by atoms with Crippen molar-refractivity contribution < 1.29 is 48.8 Å². The molecule has 262 valence electrons. The molecule has 6 rings (SSSR count). The third-order valence-corrected chi connectivity index (χ3v) is 8.88. The Morgan fingerprint density at radius 2 is 1.58 bits per heavy atom. The van der Waals surface area contributed by atoms with Crippen molar-refractivity contribution in [2.24, 2.45) is 0 Å². The Labute approximate surface area is 296 Å².